The van der Waals surface area contributed by atoms with Crippen molar-refractivity contribution >= 4 is 31.9 Å². The molecule has 0 bridgehead atoms. The molecule has 1 heterocycles. The van der Waals surface area contributed by atoms with Gasteiger partial charge in [0.1, 0.15) is 5.69 Å². The van der Waals surface area contributed by atoms with E-state index in [4.69, 9.17) is 0 Å². The van der Waals surface area contributed by atoms with Crippen LogP contribution in [0.2, 0.25) is 0 Å². The zero-order valence-electron chi connectivity index (χ0n) is 7.48. The summed E-state index contributed by atoms with van der Waals surface area (Å²) in [5.74, 6) is 0. The molecule has 0 N–H and O–H groups in total. The van der Waals surface area contributed by atoms with Crippen molar-refractivity contribution < 1.29 is 4.57 Å². The Morgan fingerprint density at radius 1 is 1.36 bits per heavy atom. The van der Waals surface area contributed by atoms with Crippen molar-refractivity contribution in [3.8, 4) is 5.69 Å². The van der Waals surface area contributed by atoms with E-state index in [-0.39, 0.29) is 0 Å². The van der Waals surface area contributed by atoms with Crippen molar-refractivity contribution in [3.63, 3.8) is 0 Å². The third-order valence-electron chi connectivity index (χ3n) is 1.84. The van der Waals surface area contributed by atoms with Crippen LogP contribution in [0, 0.1) is 0 Å². The summed E-state index contributed by atoms with van der Waals surface area (Å²) in [6, 6.07) is 7.99. The summed E-state index contributed by atoms with van der Waals surface area (Å²) in [5.41, 5.74) is 1.03. The normalized spacial score (nSPS) is 10.5. The Morgan fingerprint density at radius 3 is 2.71 bits per heavy atom. The van der Waals surface area contributed by atoms with E-state index < -0.39 is 0 Å². The summed E-state index contributed by atoms with van der Waals surface area (Å²) in [5, 5.41) is 4.30. The highest BCUT2D eigenvalue weighted by molar-refractivity contribution is 9.10. The van der Waals surface area contributed by atoms with Crippen LogP contribution in [0.4, 0.5) is 0 Å². The Kier molecular flexibility index (Phi) is 2.69. The largest absolute Gasteiger partial charge is 0.344 e. The lowest BCUT2D eigenvalue weighted by Gasteiger charge is -1.92. The predicted octanol–water partition coefficient (Wildman–Crippen LogP) is 2.22. The van der Waals surface area contributed by atoms with Crippen LogP contribution in [0.15, 0.2) is 39.8 Å². The molecule has 5 heteroatoms. The SMILES string of the molecule is C[n+]1cn(-c2cccc(Br)c2)nc1Br. The van der Waals surface area contributed by atoms with Crippen molar-refractivity contribution in [3.05, 3.63) is 39.8 Å². The van der Waals surface area contributed by atoms with Gasteiger partial charge in [0.15, 0.2) is 0 Å². The number of rotatable bonds is 1. The lowest BCUT2D eigenvalue weighted by Crippen LogP contribution is -2.26. The van der Waals surface area contributed by atoms with Gasteiger partial charge in [-0.1, -0.05) is 26.7 Å². The first-order chi connectivity index (χ1) is 6.66. The Morgan fingerprint density at radius 2 is 2.14 bits per heavy atom. The summed E-state index contributed by atoms with van der Waals surface area (Å²) in [7, 11) is 1.94. The number of hydrogen-bond donors (Lipinski definition) is 0. The average Bonchev–Trinajstić information content (AvgIpc) is 2.47. The molecule has 0 fully saturated rings. The van der Waals surface area contributed by atoms with Crippen LogP contribution in [-0.2, 0) is 7.05 Å². The number of aromatic nitrogens is 3. The van der Waals surface area contributed by atoms with Crippen molar-refractivity contribution in [2.75, 3.05) is 0 Å². The van der Waals surface area contributed by atoms with Crippen molar-refractivity contribution in [1.82, 2.24) is 9.78 Å². The molecule has 72 valence electrons. The van der Waals surface area contributed by atoms with Gasteiger partial charge in [0.05, 0.1) is 12.1 Å². The Bertz CT molecular complexity index is 445. The van der Waals surface area contributed by atoms with Crippen LogP contribution in [0.3, 0.4) is 0 Å². The van der Waals surface area contributed by atoms with Gasteiger partial charge in [-0.3, -0.25) is 0 Å². The van der Waals surface area contributed by atoms with Gasteiger partial charge >= 0.3 is 4.73 Å². The minimum Gasteiger partial charge on any atom is -0.227 e. The standard InChI is InChI=1S/C9H8Br2N3/c1-13-6-14(12-9(13)11)8-4-2-3-7(10)5-8/h2-6H,1H3/q+1. The number of benzene rings is 1. The van der Waals surface area contributed by atoms with Gasteiger partial charge in [-0.2, -0.15) is 0 Å². The first kappa shape index (κ1) is 9.86. The van der Waals surface area contributed by atoms with Gasteiger partial charge in [-0.05, 0) is 18.2 Å². The molecule has 0 unspecified atom stereocenters. The summed E-state index contributed by atoms with van der Waals surface area (Å²) in [4.78, 5) is 0. The molecule has 0 aliphatic rings. The highest BCUT2D eigenvalue weighted by Crippen LogP contribution is 2.14. The van der Waals surface area contributed by atoms with Gasteiger partial charge in [0.25, 0.3) is 0 Å². The minimum absolute atomic E-state index is 0.803. The number of aryl methyl sites for hydroxylation is 1. The summed E-state index contributed by atoms with van der Waals surface area (Å²) >= 11 is 6.78. The molecule has 0 spiro atoms. The molecule has 2 aromatic rings. The van der Waals surface area contributed by atoms with Gasteiger partial charge in [0.2, 0.25) is 6.33 Å². The molecule has 0 saturated heterocycles. The third kappa shape index (κ3) is 1.88. The van der Waals surface area contributed by atoms with Crippen molar-refractivity contribution in [2.24, 2.45) is 7.05 Å². The molecule has 0 aliphatic heterocycles. The van der Waals surface area contributed by atoms with E-state index in [0.29, 0.717) is 0 Å². The molecule has 0 atom stereocenters. The minimum atomic E-state index is 0.803. The number of halogens is 2. The molecule has 0 saturated carbocycles. The molecule has 0 radical (unpaired) electrons. The van der Waals surface area contributed by atoms with E-state index in [1.807, 2.05) is 46.9 Å². The van der Waals surface area contributed by atoms with E-state index in [1.165, 1.54) is 0 Å². The molecular weight excluding hydrogens is 310 g/mol. The lowest BCUT2D eigenvalue weighted by molar-refractivity contribution is -0.683. The Balaban J connectivity index is 2.49. The zero-order valence-corrected chi connectivity index (χ0v) is 10.7. The number of hydrogen-bond acceptors (Lipinski definition) is 1. The molecular formula is C9H8Br2N3+. The van der Waals surface area contributed by atoms with Gasteiger partial charge < -0.3 is 0 Å². The van der Waals surface area contributed by atoms with Crippen molar-refractivity contribution in [2.45, 2.75) is 0 Å². The first-order valence-corrected chi connectivity index (χ1v) is 5.62. The van der Waals surface area contributed by atoms with Gasteiger partial charge in [0, 0.05) is 20.4 Å². The van der Waals surface area contributed by atoms with Gasteiger partial charge in [-0.15, -0.1) is 0 Å². The molecule has 0 aliphatic carbocycles. The van der Waals surface area contributed by atoms with Gasteiger partial charge in [-0.25, -0.2) is 4.57 Å². The third-order valence-corrected chi connectivity index (χ3v) is 3.05. The summed E-state index contributed by atoms with van der Waals surface area (Å²) in [6.45, 7) is 0. The van der Waals surface area contributed by atoms with Crippen LogP contribution < -0.4 is 4.57 Å². The van der Waals surface area contributed by atoms with Crippen LogP contribution in [-0.4, -0.2) is 9.78 Å². The fourth-order valence-corrected chi connectivity index (χ4v) is 1.79. The Hall–Kier alpha value is -0.680. The van der Waals surface area contributed by atoms with Crippen LogP contribution in [0.5, 0.6) is 0 Å². The van der Waals surface area contributed by atoms with E-state index in [2.05, 4.69) is 37.0 Å². The van der Waals surface area contributed by atoms with E-state index >= 15 is 0 Å². The molecule has 2 rings (SSSR count). The molecule has 0 amide bonds. The number of nitrogens with zero attached hydrogens (tertiary/aromatic N) is 3. The average molecular weight is 318 g/mol. The van der Waals surface area contributed by atoms with Crippen LogP contribution in [0.25, 0.3) is 5.69 Å². The molecule has 14 heavy (non-hydrogen) atoms. The van der Waals surface area contributed by atoms with E-state index in [0.717, 1.165) is 14.9 Å². The Labute approximate surface area is 98.6 Å². The lowest BCUT2D eigenvalue weighted by atomic mass is 10.3. The topological polar surface area (TPSA) is 21.7 Å². The van der Waals surface area contributed by atoms with E-state index in [1.54, 1.807) is 0 Å². The predicted molar refractivity (Wildman–Crippen MR) is 60.1 cm³/mol. The quantitative estimate of drug-likeness (QED) is 0.739. The first-order valence-electron chi connectivity index (χ1n) is 4.03. The second-order valence-corrected chi connectivity index (χ2v) is 4.54. The maximum Gasteiger partial charge on any atom is 0.344 e. The van der Waals surface area contributed by atoms with Crippen LogP contribution >= 0.6 is 31.9 Å². The summed E-state index contributed by atoms with van der Waals surface area (Å²) in [6.07, 6.45) is 1.91. The maximum atomic E-state index is 4.30. The highest BCUT2D eigenvalue weighted by atomic mass is 79.9. The van der Waals surface area contributed by atoms with Crippen LogP contribution in [0.1, 0.15) is 0 Å². The second-order valence-electron chi connectivity index (χ2n) is 2.92. The maximum absolute atomic E-state index is 4.30. The second kappa shape index (κ2) is 3.82. The molecule has 1 aromatic heterocycles. The highest BCUT2D eigenvalue weighted by Gasteiger charge is 2.12. The molecule has 1 aromatic carbocycles. The fraction of sp³-hybridized carbons (Fsp3) is 0.111. The summed E-state index contributed by atoms with van der Waals surface area (Å²) < 4.78 is 5.57. The van der Waals surface area contributed by atoms with E-state index in [9.17, 15) is 0 Å². The van der Waals surface area contributed by atoms with Crippen molar-refractivity contribution in [1.29, 1.82) is 0 Å². The fourth-order valence-electron chi connectivity index (χ4n) is 1.14. The molecule has 3 nitrogen and oxygen atoms in total. The smallest absolute Gasteiger partial charge is 0.227 e. The monoisotopic (exact) mass is 316 g/mol. The zero-order chi connectivity index (χ0) is 10.1.